The lowest BCUT2D eigenvalue weighted by Gasteiger charge is -2.33. The number of benzene rings is 1. The molecule has 6 heteroatoms. The summed E-state index contributed by atoms with van der Waals surface area (Å²) in [6.07, 6.45) is 1.90. The molecule has 1 fully saturated rings. The number of hydrogen-bond donors (Lipinski definition) is 1. The fourth-order valence-electron chi connectivity index (χ4n) is 3.88. The zero-order valence-electron chi connectivity index (χ0n) is 16.0. The molecule has 1 aliphatic rings. The van der Waals surface area contributed by atoms with Crippen LogP contribution in [0.3, 0.4) is 0 Å². The Labute approximate surface area is 162 Å². The van der Waals surface area contributed by atoms with Gasteiger partial charge in [-0.1, -0.05) is 0 Å². The topological polar surface area (TPSA) is 62.8 Å². The number of pyridine rings is 1. The predicted octanol–water partition coefficient (Wildman–Crippen LogP) is 3.21. The van der Waals surface area contributed by atoms with Crippen LogP contribution in [-0.2, 0) is 0 Å². The molecule has 5 rings (SSSR count). The van der Waals surface area contributed by atoms with Gasteiger partial charge in [0.1, 0.15) is 11.3 Å². The molecular weight excluding hydrogens is 352 g/mol. The summed E-state index contributed by atoms with van der Waals surface area (Å²) < 4.78 is 7.46. The number of anilines is 1. The minimum absolute atomic E-state index is 0.363. The number of nitrogens with zero attached hydrogens (tertiary/aromatic N) is 3. The van der Waals surface area contributed by atoms with Gasteiger partial charge in [-0.25, -0.2) is 9.31 Å². The SMILES string of the molecule is Cc1ccn2nc(-c3cc4ccc(N5CCNC(C)C5)cc4oc3=O)cc2c1. The first-order valence-electron chi connectivity index (χ1n) is 9.59. The van der Waals surface area contributed by atoms with Crippen LogP contribution < -0.4 is 15.8 Å². The van der Waals surface area contributed by atoms with Gasteiger partial charge in [0.2, 0.25) is 0 Å². The van der Waals surface area contributed by atoms with Gasteiger partial charge in [-0.2, -0.15) is 5.10 Å². The maximum atomic E-state index is 12.7. The average Bonchev–Trinajstić information content (AvgIpc) is 3.10. The number of rotatable bonds is 2. The third-order valence-corrected chi connectivity index (χ3v) is 5.35. The molecule has 1 unspecified atom stereocenters. The largest absolute Gasteiger partial charge is 0.422 e. The zero-order valence-corrected chi connectivity index (χ0v) is 16.0. The van der Waals surface area contributed by atoms with Gasteiger partial charge >= 0.3 is 5.63 Å². The molecule has 1 N–H and O–H groups in total. The monoisotopic (exact) mass is 374 g/mol. The lowest BCUT2D eigenvalue weighted by Crippen LogP contribution is -2.49. The molecule has 142 valence electrons. The first kappa shape index (κ1) is 17.0. The highest BCUT2D eigenvalue weighted by molar-refractivity contribution is 5.84. The van der Waals surface area contributed by atoms with E-state index in [9.17, 15) is 4.79 Å². The second-order valence-electron chi connectivity index (χ2n) is 7.57. The van der Waals surface area contributed by atoms with E-state index in [0.717, 1.165) is 41.8 Å². The second kappa shape index (κ2) is 6.49. The van der Waals surface area contributed by atoms with Crippen LogP contribution in [0.15, 0.2) is 57.9 Å². The van der Waals surface area contributed by atoms with E-state index in [-0.39, 0.29) is 5.63 Å². The normalized spacial score (nSPS) is 17.5. The first-order valence-corrected chi connectivity index (χ1v) is 9.59. The van der Waals surface area contributed by atoms with E-state index in [0.29, 0.717) is 22.9 Å². The van der Waals surface area contributed by atoms with Gasteiger partial charge in [-0.15, -0.1) is 0 Å². The van der Waals surface area contributed by atoms with Crippen molar-refractivity contribution in [2.75, 3.05) is 24.5 Å². The van der Waals surface area contributed by atoms with Crippen molar-refractivity contribution in [3.8, 4) is 11.3 Å². The second-order valence-corrected chi connectivity index (χ2v) is 7.57. The number of nitrogens with one attached hydrogen (secondary N) is 1. The summed E-state index contributed by atoms with van der Waals surface area (Å²) in [7, 11) is 0. The van der Waals surface area contributed by atoms with Crippen molar-refractivity contribution >= 4 is 22.2 Å². The lowest BCUT2D eigenvalue weighted by molar-refractivity contribution is 0.484. The van der Waals surface area contributed by atoms with Gasteiger partial charge in [-0.3, -0.25) is 0 Å². The molecule has 1 aromatic carbocycles. The van der Waals surface area contributed by atoms with Crippen molar-refractivity contribution in [1.82, 2.24) is 14.9 Å². The highest BCUT2D eigenvalue weighted by Gasteiger charge is 2.17. The molecule has 4 aromatic rings. The van der Waals surface area contributed by atoms with Crippen LogP contribution in [0, 0.1) is 6.92 Å². The van der Waals surface area contributed by atoms with Crippen molar-refractivity contribution in [3.63, 3.8) is 0 Å². The highest BCUT2D eigenvalue weighted by Crippen LogP contribution is 2.26. The molecule has 1 atom stereocenters. The minimum Gasteiger partial charge on any atom is -0.422 e. The third-order valence-electron chi connectivity index (χ3n) is 5.35. The van der Waals surface area contributed by atoms with Crippen LogP contribution in [-0.4, -0.2) is 35.3 Å². The van der Waals surface area contributed by atoms with Gasteiger partial charge in [0.25, 0.3) is 0 Å². The molecule has 0 saturated carbocycles. The van der Waals surface area contributed by atoms with Crippen LogP contribution in [0.25, 0.3) is 27.7 Å². The van der Waals surface area contributed by atoms with Crippen LogP contribution in [0.2, 0.25) is 0 Å². The van der Waals surface area contributed by atoms with Crippen LogP contribution in [0.1, 0.15) is 12.5 Å². The molecule has 4 heterocycles. The molecule has 6 nitrogen and oxygen atoms in total. The Hall–Kier alpha value is -3.12. The van der Waals surface area contributed by atoms with E-state index in [4.69, 9.17) is 4.42 Å². The van der Waals surface area contributed by atoms with E-state index in [1.54, 1.807) is 4.52 Å². The standard InChI is InChI=1S/C22H22N4O2/c1-14-5-7-26-18(9-14)11-20(24-26)19-10-16-3-4-17(12-21(16)28-22(19)27)25-8-6-23-15(2)13-25/h3-5,7,9-12,15,23H,6,8,13H2,1-2H3. The molecule has 0 bridgehead atoms. The van der Waals surface area contributed by atoms with Gasteiger partial charge in [0.05, 0.1) is 11.1 Å². The van der Waals surface area contributed by atoms with E-state index < -0.39 is 0 Å². The lowest BCUT2D eigenvalue weighted by atomic mass is 10.1. The fourth-order valence-corrected chi connectivity index (χ4v) is 3.88. The molecule has 0 spiro atoms. The summed E-state index contributed by atoms with van der Waals surface area (Å²) in [5, 5.41) is 8.87. The molecular formula is C22H22N4O2. The Bertz CT molecular complexity index is 1240. The molecule has 0 radical (unpaired) electrons. The highest BCUT2D eigenvalue weighted by atomic mass is 16.4. The minimum atomic E-state index is -0.363. The third kappa shape index (κ3) is 2.96. The smallest absolute Gasteiger partial charge is 0.345 e. The Kier molecular flexibility index (Phi) is 3.94. The van der Waals surface area contributed by atoms with Crippen molar-refractivity contribution in [3.05, 3.63) is 64.6 Å². The number of fused-ring (bicyclic) bond motifs is 2. The predicted molar refractivity (Wildman–Crippen MR) is 111 cm³/mol. The van der Waals surface area contributed by atoms with Gasteiger partial charge < -0.3 is 14.6 Å². The molecule has 0 aliphatic carbocycles. The van der Waals surface area contributed by atoms with Crippen molar-refractivity contribution < 1.29 is 4.42 Å². The van der Waals surface area contributed by atoms with Gasteiger partial charge in [0, 0.05) is 49.0 Å². The van der Waals surface area contributed by atoms with Crippen LogP contribution >= 0.6 is 0 Å². The Morgan fingerprint density at radius 2 is 2.07 bits per heavy atom. The maximum Gasteiger partial charge on any atom is 0.345 e. The molecule has 28 heavy (non-hydrogen) atoms. The van der Waals surface area contributed by atoms with Crippen LogP contribution in [0.4, 0.5) is 5.69 Å². The summed E-state index contributed by atoms with van der Waals surface area (Å²) in [4.78, 5) is 15.0. The van der Waals surface area contributed by atoms with E-state index in [2.05, 4.69) is 28.3 Å². The summed E-state index contributed by atoms with van der Waals surface area (Å²) in [6.45, 7) is 7.05. The summed E-state index contributed by atoms with van der Waals surface area (Å²) in [5.41, 5.74) is 4.55. The average molecular weight is 374 g/mol. The maximum absolute atomic E-state index is 12.7. The number of hydrogen-bond acceptors (Lipinski definition) is 5. The number of aromatic nitrogens is 2. The van der Waals surface area contributed by atoms with Gasteiger partial charge in [0.15, 0.2) is 0 Å². The number of aryl methyl sites for hydroxylation is 1. The Morgan fingerprint density at radius 1 is 1.18 bits per heavy atom. The quantitative estimate of drug-likeness (QED) is 0.546. The number of piperazine rings is 1. The van der Waals surface area contributed by atoms with E-state index in [1.807, 2.05) is 49.5 Å². The summed E-state index contributed by atoms with van der Waals surface area (Å²) in [6, 6.07) is 14.3. The Balaban J connectivity index is 1.56. The van der Waals surface area contributed by atoms with E-state index in [1.165, 1.54) is 0 Å². The fraction of sp³-hybridized carbons (Fsp3) is 0.273. The van der Waals surface area contributed by atoms with Crippen molar-refractivity contribution in [2.45, 2.75) is 19.9 Å². The van der Waals surface area contributed by atoms with Gasteiger partial charge in [-0.05, 0) is 55.8 Å². The summed E-state index contributed by atoms with van der Waals surface area (Å²) in [5.74, 6) is 0. The van der Waals surface area contributed by atoms with E-state index >= 15 is 0 Å². The Morgan fingerprint density at radius 3 is 2.93 bits per heavy atom. The zero-order chi connectivity index (χ0) is 19.3. The molecule has 0 amide bonds. The first-order chi connectivity index (χ1) is 13.6. The summed E-state index contributed by atoms with van der Waals surface area (Å²) >= 11 is 0. The molecule has 1 aliphatic heterocycles. The van der Waals surface area contributed by atoms with Crippen molar-refractivity contribution in [1.29, 1.82) is 0 Å². The van der Waals surface area contributed by atoms with Crippen LogP contribution in [0.5, 0.6) is 0 Å². The van der Waals surface area contributed by atoms with Crippen molar-refractivity contribution in [2.24, 2.45) is 0 Å². The molecule has 1 saturated heterocycles. The molecule has 3 aromatic heterocycles.